The van der Waals surface area contributed by atoms with Crippen LogP contribution >= 0.6 is 0 Å². The van der Waals surface area contributed by atoms with Gasteiger partial charge in [0.25, 0.3) is 11.8 Å². The van der Waals surface area contributed by atoms with Crippen molar-refractivity contribution in [2.75, 3.05) is 44.7 Å². The van der Waals surface area contributed by atoms with Crippen LogP contribution in [0.15, 0.2) is 48.8 Å². The van der Waals surface area contributed by atoms with Crippen LogP contribution in [-0.2, 0) is 4.74 Å². The zero-order valence-corrected chi connectivity index (χ0v) is 16.4. The Morgan fingerprint density at radius 2 is 1.83 bits per heavy atom. The summed E-state index contributed by atoms with van der Waals surface area (Å²) in [6.45, 7) is 3.73. The van der Waals surface area contributed by atoms with Crippen molar-refractivity contribution in [2.45, 2.75) is 18.9 Å². The molecule has 0 bridgehead atoms. The highest BCUT2D eigenvalue weighted by Crippen LogP contribution is 2.22. The molecule has 0 aliphatic carbocycles. The van der Waals surface area contributed by atoms with E-state index in [1.807, 2.05) is 34.1 Å². The monoisotopic (exact) mass is 394 g/mol. The largest absolute Gasteiger partial charge is 0.380 e. The molecule has 3 heterocycles. The first-order valence-electron chi connectivity index (χ1n) is 10.1. The number of carbonyl (C=O) groups excluding carboxylic acids is 2. The lowest BCUT2D eigenvalue weighted by Gasteiger charge is -2.34. The minimum atomic E-state index is 0.00211. The number of pyridine rings is 1. The van der Waals surface area contributed by atoms with E-state index in [-0.39, 0.29) is 17.9 Å². The molecule has 1 aromatic heterocycles. The molecule has 2 aromatic rings. The van der Waals surface area contributed by atoms with Gasteiger partial charge in [-0.3, -0.25) is 14.6 Å². The highest BCUT2D eigenvalue weighted by atomic mass is 16.5. The van der Waals surface area contributed by atoms with Gasteiger partial charge < -0.3 is 19.9 Å². The zero-order valence-electron chi connectivity index (χ0n) is 16.4. The van der Waals surface area contributed by atoms with Crippen LogP contribution < -0.4 is 5.32 Å². The van der Waals surface area contributed by atoms with E-state index < -0.39 is 0 Å². The van der Waals surface area contributed by atoms with Gasteiger partial charge in [-0.25, -0.2) is 0 Å². The summed E-state index contributed by atoms with van der Waals surface area (Å²) in [5.41, 5.74) is 2.10. The number of morpholine rings is 1. The third kappa shape index (κ3) is 4.56. The molecule has 2 fully saturated rings. The Bertz CT molecular complexity index is 852. The molecule has 29 heavy (non-hydrogen) atoms. The summed E-state index contributed by atoms with van der Waals surface area (Å²) in [6, 6.07) is 11.3. The number of anilines is 1. The number of rotatable bonds is 4. The quantitative estimate of drug-likeness (QED) is 0.861. The molecule has 2 aliphatic rings. The summed E-state index contributed by atoms with van der Waals surface area (Å²) in [5.74, 6) is 0.0257. The molecule has 4 rings (SSSR count). The number of piperidine rings is 1. The molecule has 0 spiro atoms. The van der Waals surface area contributed by atoms with Crippen molar-refractivity contribution < 1.29 is 14.3 Å². The summed E-state index contributed by atoms with van der Waals surface area (Å²) >= 11 is 0. The van der Waals surface area contributed by atoms with Gasteiger partial charge in [-0.1, -0.05) is 12.1 Å². The van der Waals surface area contributed by atoms with E-state index in [2.05, 4.69) is 10.3 Å². The molecule has 152 valence electrons. The third-order valence-corrected chi connectivity index (χ3v) is 5.43. The maximum atomic E-state index is 13.0. The maximum absolute atomic E-state index is 13.0. The zero-order chi connectivity index (χ0) is 20.1. The molecule has 0 unspecified atom stereocenters. The fourth-order valence-electron chi connectivity index (χ4n) is 3.90. The molecule has 2 amide bonds. The van der Waals surface area contributed by atoms with Crippen molar-refractivity contribution in [1.29, 1.82) is 0 Å². The van der Waals surface area contributed by atoms with Crippen molar-refractivity contribution >= 4 is 17.5 Å². The summed E-state index contributed by atoms with van der Waals surface area (Å²) in [4.78, 5) is 33.5. The smallest absolute Gasteiger partial charge is 0.256 e. The van der Waals surface area contributed by atoms with Crippen LogP contribution in [0.1, 0.15) is 33.6 Å². The lowest BCUT2D eigenvalue weighted by atomic mass is 10.0. The van der Waals surface area contributed by atoms with E-state index in [0.29, 0.717) is 44.0 Å². The molecule has 1 aromatic carbocycles. The second-order valence-corrected chi connectivity index (χ2v) is 7.43. The first kappa shape index (κ1) is 19.4. The van der Waals surface area contributed by atoms with Gasteiger partial charge in [0.15, 0.2) is 0 Å². The number of nitrogens with one attached hydrogen (secondary N) is 1. The predicted molar refractivity (Wildman–Crippen MR) is 110 cm³/mol. The first-order chi connectivity index (χ1) is 14.2. The van der Waals surface area contributed by atoms with Crippen LogP contribution in [0.5, 0.6) is 0 Å². The van der Waals surface area contributed by atoms with Crippen molar-refractivity contribution in [1.82, 2.24) is 14.8 Å². The molecule has 2 saturated heterocycles. The summed E-state index contributed by atoms with van der Waals surface area (Å²) in [5, 5.41) is 3.52. The average Bonchev–Trinajstić information content (AvgIpc) is 2.80. The van der Waals surface area contributed by atoms with Crippen LogP contribution in [-0.4, -0.2) is 72.0 Å². The highest BCUT2D eigenvalue weighted by Gasteiger charge is 2.26. The van der Waals surface area contributed by atoms with E-state index in [4.69, 9.17) is 4.74 Å². The molecular weight excluding hydrogens is 368 g/mol. The van der Waals surface area contributed by atoms with Gasteiger partial charge in [0.05, 0.1) is 24.3 Å². The Labute approximate surface area is 170 Å². The molecule has 1 N–H and O–H groups in total. The summed E-state index contributed by atoms with van der Waals surface area (Å²) in [7, 11) is 0. The summed E-state index contributed by atoms with van der Waals surface area (Å²) in [6.07, 6.45) is 5.15. The fraction of sp³-hybridized carbons (Fsp3) is 0.409. The number of ether oxygens (including phenoxy) is 1. The Morgan fingerprint density at radius 1 is 1.00 bits per heavy atom. The van der Waals surface area contributed by atoms with Crippen LogP contribution in [0, 0.1) is 0 Å². The number of carbonyl (C=O) groups is 2. The number of hydrogen-bond donors (Lipinski definition) is 1. The number of aromatic nitrogens is 1. The van der Waals surface area contributed by atoms with Crippen molar-refractivity contribution in [3.63, 3.8) is 0 Å². The van der Waals surface area contributed by atoms with Gasteiger partial charge in [0.1, 0.15) is 0 Å². The maximum Gasteiger partial charge on any atom is 0.256 e. The molecule has 7 nitrogen and oxygen atoms in total. The first-order valence-corrected chi connectivity index (χ1v) is 10.1. The van der Waals surface area contributed by atoms with Gasteiger partial charge >= 0.3 is 0 Å². The Morgan fingerprint density at radius 3 is 2.62 bits per heavy atom. The van der Waals surface area contributed by atoms with E-state index in [1.165, 1.54) is 0 Å². The number of likely N-dealkylation sites (tertiary alicyclic amines) is 1. The van der Waals surface area contributed by atoms with Crippen LogP contribution in [0.25, 0.3) is 0 Å². The lowest BCUT2D eigenvalue weighted by molar-refractivity contribution is 0.0303. The van der Waals surface area contributed by atoms with Crippen molar-refractivity contribution in [3.05, 3.63) is 59.9 Å². The highest BCUT2D eigenvalue weighted by molar-refractivity contribution is 5.99. The molecule has 1 atom stereocenters. The van der Waals surface area contributed by atoms with E-state index >= 15 is 0 Å². The van der Waals surface area contributed by atoms with Crippen LogP contribution in [0.2, 0.25) is 0 Å². The third-order valence-electron chi connectivity index (χ3n) is 5.43. The van der Waals surface area contributed by atoms with Gasteiger partial charge in [-0.2, -0.15) is 0 Å². The lowest BCUT2D eigenvalue weighted by Crippen LogP contribution is -2.45. The molecule has 0 saturated carbocycles. The van der Waals surface area contributed by atoms with Crippen molar-refractivity contribution in [3.8, 4) is 0 Å². The van der Waals surface area contributed by atoms with E-state index in [1.54, 1.807) is 24.5 Å². The van der Waals surface area contributed by atoms with Gasteiger partial charge in [-0.05, 0) is 37.1 Å². The van der Waals surface area contributed by atoms with Crippen LogP contribution in [0.3, 0.4) is 0 Å². The fourth-order valence-corrected chi connectivity index (χ4v) is 3.90. The second kappa shape index (κ2) is 9.05. The number of amides is 2. The minimum absolute atomic E-state index is 0.00211. The average molecular weight is 394 g/mol. The van der Waals surface area contributed by atoms with Gasteiger partial charge in [0.2, 0.25) is 0 Å². The standard InChI is InChI=1S/C22H26N4O3/c27-21(17-5-3-9-23-15-17)26-10-4-6-18(16-26)24-20-8-2-1-7-19(20)22(28)25-11-13-29-14-12-25/h1-3,5,7-9,15,18,24H,4,6,10-14,16H2/t18-/m1/s1. The van der Waals surface area contributed by atoms with Gasteiger partial charge in [-0.15, -0.1) is 0 Å². The number of hydrogen-bond acceptors (Lipinski definition) is 5. The molecular formula is C22H26N4O3. The number of benzene rings is 1. The molecule has 7 heteroatoms. The number of nitrogens with zero attached hydrogens (tertiary/aromatic N) is 3. The normalized spacial score (nSPS) is 19.7. The van der Waals surface area contributed by atoms with E-state index in [0.717, 1.165) is 25.1 Å². The molecule has 0 radical (unpaired) electrons. The number of para-hydroxylation sites is 1. The SMILES string of the molecule is O=C(c1cccnc1)N1CCC[C@@H](Nc2ccccc2C(=O)N2CCOCC2)C1. The predicted octanol–water partition coefficient (Wildman–Crippen LogP) is 2.27. The van der Waals surface area contributed by atoms with Crippen molar-refractivity contribution in [2.24, 2.45) is 0 Å². The van der Waals surface area contributed by atoms with E-state index in [9.17, 15) is 9.59 Å². The summed E-state index contributed by atoms with van der Waals surface area (Å²) < 4.78 is 5.36. The second-order valence-electron chi connectivity index (χ2n) is 7.43. The Kier molecular flexibility index (Phi) is 6.05. The topological polar surface area (TPSA) is 74.8 Å². The van der Waals surface area contributed by atoms with Crippen LogP contribution in [0.4, 0.5) is 5.69 Å². The Balaban J connectivity index is 1.45. The Hall–Kier alpha value is -2.93. The molecule has 2 aliphatic heterocycles. The van der Waals surface area contributed by atoms with Gasteiger partial charge in [0, 0.05) is 50.3 Å². The minimum Gasteiger partial charge on any atom is -0.380 e.